The number of nitrogens with zero attached hydrogens (tertiary/aromatic N) is 3. The molecule has 1 aliphatic heterocycles. The molecule has 0 aliphatic carbocycles. The number of anilines is 1. The monoisotopic (exact) mass is 351 g/mol. The van der Waals surface area contributed by atoms with Crippen LogP contribution in [0, 0.1) is 5.92 Å². The second-order valence-corrected chi connectivity index (χ2v) is 6.32. The largest absolute Gasteiger partial charge is 0.493 e. The summed E-state index contributed by atoms with van der Waals surface area (Å²) in [6.45, 7) is 2.03. The van der Waals surface area contributed by atoms with Gasteiger partial charge in [-0.2, -0.15) is 4.98 Å². The zero-order valence-electron chi connectivity index (χ0n) is 14.0. The lowest BCUT2D eigenvalue weighted by molar-refractivity contribution is 0.240. The summed E-state index contributed by atoms with van der Waals surface area (Å²) in [5, 5.41) is 10.2. The molecule has 0 bridgehead atoms. The highest BCUT2D eigenvalue weighted by Gasteiger charge is 2.23. The molecule has 0 unspecified atom stereocenters. The van der Waals surface area contributed by atoms with Crippen LogP contribution in [0.3, 0.4) is 0 Å². The number of hydrogen-bond donors (Lipinski definition) is 1. The van der Waals surface area contributed by atoms with Crippen molar-refractivity contribution < 1.29 is 14.6 Å². The maximum Gasteiger partial charge on any atom is 0.224 e. The van der Waals surface area contributed by atoms with Gasteiger partial charge in [0.25, 0.3) is 0 Å². The molecule has 3 rings (SSSR count). The van der Waals surface area contributed by atoms with Crippen LogP contribution in [0.25, 0.3) is 10.9 Å². The number of rotatable bonds is 5. The van der Waals surface area contributed by atoms with Crippen LogP contribution >= 0.6 is 11.6 Å². The fraction of sp³-hybridized carbons (Fsp3) is 0.529. The van der Waals surface area contributed by atoms with Crippen LogP contribution in [-0.2, 0) is 0 Å². The summed E-state index contributed by atoms with van der Waals surface area (Å²) >= 11 is 6.14. The molecule has 2 aromatic rings. The van der Waals surface area contributed by atoms with Gasteiger partial charge in [0.1, 0.15) is 5.82 Å². The van der Waals surface area contributed by atoms with E-state index in [9.17, 15) is 0 Å². The molecule has 0 amide bonds. The summed E-state index contributed by atoms with van der Waals surface area (Å²) in [5.41, 5.74) is 0.736. The fourth-order valence-corrected chi connectivity index (χ4v) is 3.44. The number of hydrogen-bond acceptors (Lipinski definition) is 6. The van der Waals surface area contributed by atoms with Crippen molar-refractivity contribution in [2.45, 2.75) is 19.3 Å². The van der Waals surface area contributed by atoms with E-state index in [0.29, 0.717) is 17.4 Å². The van der Waals surface area contributed by atoms with Crippen LogP contribution in [0.2, 0.25) is 5.28 Å². The van der Waals surface area contributed by atoms with Crippen molar-refractivity contribution >= 4 is 28.3 Å². The summed E-state index contributed by atoms with van der Waals surface area (Å²) < 4.78 is 10.8. The van der Waals surface area contributed by atoms with Crippen LogP contribution in [0.5, 0.6) is 11.5 Å². The topological polar surface area (TPSA) is 67.7 Å². The van der Waals surface area contributed by atoms with Crippen LogP contribution in [0.1, 0.15) is 19.3 Å². The van der Waals surface area contributed by atoms with E-state index < -0.39 is 0 Å². The molecule has 0 radical (unpaired) electrons. The minimum absolute atomic E-state index is 0.224. The van der Waals surface area contributed by atoms with Gasteiger partial charge in [0, 0.05) is 31.1 Å². The predicted octanol–water partition coefficient (Wildman–Crippen LogP) is 2.90. The maximum atomic E-state index is 9.11. The molecule has 1 aromatic carbocycles. The highest BCUT2D eigenvalue weighted by atomic mass is 35.5. The molecule has 1 aromatic heterocycles. The molecule has 24 heavy (non-hydrogen) atoms. The lowest BCUT2D eigenvalue weighted by Gasteiger charge is -2.33. The number of aliphatic hydroxyl groups is 1. The molecule has 2 heterocycles. The van der Waals surface area contributed by atoms with Gasteiger partial charge < -0.3 is 19.5 Å². The van der Waals surface area contributed by atoms with Crippen molar-refractivity contribution in [3.8, 4) is 11.5 Å². The van der Waals surface area contributed by atoms with Crippen LogP contribution in [-0.4, -0.2) is 49.0 Å². The Morgan fingerprint density at radius 1 is 1.17 bits per heavy atom. The summed E-state index contributed by atoms with van der Waals surface area (Å²) in [6, 6.07) is 3.73. The molecule has 1 aliphatic rings. The summed E-state index contributed by atoms with van der Waals surface area (Å²) in [7, 11) is 3.21. The Labute approximate surface area is 146 Å². The van der Waals surface area contributed by atoms with Gasteiger partial charge in [0.2, 0.25) is 5.28 Å². The van der Waals surface area contributed by atoms with Crippen LogP contribution < -0.4 is 14.4 Å². The molecule has 1 N–H and O–H groups in total. The van der Waals surface area contributed by atoms with E-state index in [1.54, 1.807) is 14.2 Å². The minimum Gasteiger partial charge on any atom is -0.493 e. The average molecular weight is 352 g/mol. The summed E-state index contributed by atoms with van der Waals surface area (Å²) in [5.74, 6) is 2.66. The lowest BCUT2D eigenvalue weighted by Crippen LogP contribution is -2.34. The molecular weight excluding hydrogens is 330 g/mol. The number of aliphatic hydroxyl groups excluding tert-OH is 1. The molecule has 130 valence electrons. The molecule has 7 heteroatoms. The highest BCUT2D eigenvalue weighted by molar-refractivity contribution is 6.28. The number of aromatic nitrogens is 2. The third-order valence-corrected chi connectivity index (χ3v) is 4.77. The van der Waals surface area contributed by atoms with Crippen molar-refractivity contribution in [1.29, 1.82) is 0 Å². The van der Waals surface area contributed by atoms with Crippen molar-refractivity contribution in [3.63, 3.8) is 0 Å². The van der Waals surface area contributed by atoms with E-state index in [1.165, 1.54) is 0 Å². The Bertz CT molecular complexity index is 718. The predicted molar refractivity (Wildman–Crippen MR) is 94.3 cm³/mol. The second kappa shape index (κ2) is 7.40. The fourth-order valence-electron chi connectivity index (χ4n) is 3.27. The Balaban J connectivity index is 1.98. The van der Waals surface area contributed by atoms with Gasteiger partial charge in [0.05, 0.1) is 19.7 Å². The van der Waals surface area contributed by atoms with Crippen molar-refractivity contribution in [2.75, 3.05) is 38.8 Å². The Hall–Kier alpha value is -1.79. The number of halogens is 1. The van der Waals surface area contributed by atoms with Crippen molar-refractivity contribution in [2.24, 2.45) is 5.92 Å². The smallest absolute Gasteiger partial charge is 0.224 e. The van der Waals surface area contributed by atoms with Crippen molar-refractivity contribution in [1.82, 2.24) is 9.97 Å². The first kappa shape index (κ1) is 17.0. The van der Waals surface area contributed by atoms with E-state index in [2.05, 4.69) is 14.9 Å². The first-order valence-corrected chi connectivity index (χ1v) is 8.49. The van der Waals surface area contributed by atoms with E-state index >= 15 is 0 Å². The zero-order chi connectivity index (χ0) is 17.1. The van der Waals surface area contributed by atoms with E-state index in [4.69, 9.17) is 26.2 Å². The summed E-state index contributed by atoms with van der Waals surface area (Å²) in [4.78, 5) is 11.0. The number of methoxy groups -OCH3 is 2. The van der Waals surface area contributed by atoms with Crippen LogP contribution in [0.15, 0.2) is 12.1 Å². The van der Waals surface area contributed by atoms with Gasteiger partial charge in [0.15, 0.2) is 11.5 Å². The zero-order valence-corrected chi connectivity index (χ0v) is 14.7. The Kier molecular flexibility index (Phi) is 5.26. The third kappa shape index (κ3) is 3.35. The normalized spacial score (nSPS) is 15.8. The summed E-state index contributed by atoms with van der Waals surface area (Å²) in [6.07, 6.45) is 2.94. The maximum absolute atomic E-state index is 9.11. The quantitative estimate of drug-likeness (QED) is 0.835. The van der Waals surface area contributed by atoms with Gasteiger partial charge in [-0.15, -0.1) is 0 Å². The van der Waals surface area contributed by atoms with Gasteiger partial charge in [-0.05, 0) is 42.8 Å². The Morgan fingerprint density at radius 3 is 2.46 bits per heavy atom. The molecule has 0 spiro atoms. The molecule has 1 saturated heterocycles. The number of ether oxygens (including phenoxy) is 2. The average Bonchev–Trinajstić information content (AvgIpc) is 2.60. The SMILES string of the molecule is COc1cc2nc(Cl)nc(N3CCC(CCO)CC3)c2cc1OC. The third-order valence-electron chi connectivity index (χ3n) is 4.61. The van der Waals surface area contributed by atoms with Gasteiger partial charge >= 0.3 is 0 Å². The molecule has 6 nitrogen and oxygen atoms in total. The number of piperidine rings is 1. The van der Waals surface area contributed by atoms with E-state index in [-0.39, 0.29) is 11.9 Å². The minimum atomic E-state index is 0.224. The first-order chi connectivity index (χ1) is 11.7. The molecule has 0 saturated carbocycles. The number of benzene rings is 1. The number of fused-ring (bicyclic) bond motifs is 1. The standard InChI is InChI=1S/C17H22ClN3O3/c1-23-14-9-12-13(10-15(14)24-2)19-17(18)20-16(12)21-6-3-11(4-7-21)5-8-22/h9-11,22H,3-8H2,1-2H3. The first-order valence-electron chi connectivity index (χ1n) is 8.11. The Morgan fingerprint density at radius 2 is 1.83 bits per heavy atom. The molecule has 1 fully saturated rings. The van der Waals surface area contributed by atoms with E-state index in [0.717, 1.165) is 49.1 Å². The molecular formula is C17H22ClN3O3. The van der Waals surface area contributed by atoms with Gasteiger partial charge in [-0.25, -0.2) is 4.98 Å². The van der Waals surface area contributed by atoms with E-state index in [1.807, 2.05) is 12.1 Å². The van der Waals surface area contributed by atoms with Gasteiger partial charge in [-0.3, -0.25) is 0 Å². The van der Waals surface area contributed by atoms with Crippen molar-refractivity contribution in [3.05, 3.63) is 17.4 Å². The molecule has 0 atom stereocenters. The second-order valence-electron chi connectivity index (χ2n) is 5.98. The lowest BCUT2D eigenvalue weighted by atomic mass is 9.94. The van der Waals surface area contributed by atoms with Crippen LogP contribution in [0.4, 0.5) is 5.82 Å². The van der Waals surface area contributed by atoms with Gasteiger partial charge in [-0.1, -0.05) is 0 Å². The highest BCUT2D eigenvalue weighted by Crippen LogP contribution is 2.36.